The first-order valence-corrected chi connectivity index (χ1v) is 20.7. The number of phenols is 1. The number of rotatable bonds is 12. The predicted octanol–water partition coefficient (Wildman–Crippen LogP) is 3.74. The summed E-state index contributed by atoms with van der Waals surface area (Å²) in [5, 5.41) is 24.4. The normalized spacial score (nSPS) is 13.4. The van der Waals surface area contributed by atoms with Gasteiger partial charge in [-0.2, -0.15) is 38.8 Å². The van der Waals surface area contributed by atoms with Crippen molar-refractivity contribution in [1.82, 2.24) is 0 Å². The van der Waals surface area contributed by atoms with Crippen molar-refractivity contribution in [3.63, 3.8) is 0 Å². The largest absolute Gasteiger partial charge is 0.505 e. The van der Waals surface area contributed by atoms with Gasteiger partial charge in [0.25, 0.3) is 30.4 Å². The van der Waals surface area contributed by atoms with E-state index in [9.17, 15) is 65.2 Å². The van der Waals surface area contributed by atoms with Crippen molar-refractivity contribution in [2.45, 2.75) is 26.5 Å². The number of benzene rings is 4. The third kappa shape index (κ3) is 9.07. The molecule has 27 heteroatoms. The number of sulfone groups is 1. The van der Waals surface area contributed by atoms with Gasteiger partial charge >= 0.3 is 10.4 Å². The van der Waals surface area contributed by atoms with Gasteiger partial charge in [-0.15, -0.1) is 15.3 Å². The second-order valence-electron chi connectivity index (χ2n) is 10.3. The lowest BCUT2D eigenvalue weighted by atomic mass is 10.1. The Morgan fingerprint density at radius 1 is 0.712 bits per heavy atom. The maximum Gasteiger partial charge on any atom is 0.397 e. The van der Waals surface area contributed by atoms with Crippen molar-refractivity contribution in [2.75, 3.05) is 18.1 Å². The second-order valence-corrected chi connectivity index (χ2v) is 17.6. The molecule has 21 nitrogen and oxygen atoms in total. The number of fused-ring (bicyclic) bond motifs is 1. The molecule has 4 aromatic rings. The average Bonchev–Trinajstić information content (AvgIpc) is 2.99. The van der Waals surface area contributed by atoms with Crippen LogP contribution >= 0.6 is 0 Å². The minimum absolute atomic E-state index is 0.168. The average molecular weight is 828 g/mol. The van der Waals surface area contributed by atoms with Gasteiger partial charge < -0.3 is 10.8 Å². The van der Waals surface area contributed by atoms with Gasteiger partial charge in [-0.25, -0.2) is 17.0 Å². The molecule has 7 N–H and O–H groups in total. The Kier molecular flexibility index (Phi) is 10.9. The number of phenolic OH excluding ortho intramolecular Hbond substituents is 1. The van der Waals surface area contributed by atoms with Crippen LogP contribution in [0.3, 0.4) is 0 Å². The van der Waals surface area contributed by atoms with Crippen LogP contribution in [-0.4, -0.2) is 77.8 Å². The van der Waals surface area contributed by atoms with Gasteiger partial charge in [-0.05, 0) is 66.4 Å². The number of halogens is 1. The number of nitrogen functional groups attached to an aromatic ring is 1. The molecule has 0 unspecified atom stereocenters. The lowest BCUT2D eigenvalue weighted by Crippen LogP contribution is -2.15. The van der Waals surface area contributed by atoms with Crippen molar-refractivity contribution >= 4 is 89.8 Å². The minimum atomic E-state index is -5.37. The van der Waals surface area contributed by atoms with E-state index in [4.69, 9.17) is 10.3 Å². The number of azo groups is 2. The number of aryl methyl sites for hydroxylation is 1. The zero-order chi connectivity index (χ0) is 39.2. The minimum Gasteiger partial charge on any atom is -0.505 e. The molecule has 280 valence electrons. The fourth-order valence-electron chi connectivity index (χ4n) is 4.34. The number of nitrogens with two attached hydrogens (primary N) is 1. The molecule has 0 bridgehead atoms. The number of nitrogens with zero attached hydrogens (tertiary/aromatic N) is 4. The van der Waals surface area contributed by atoms with Crippen LogP contribution in [0.4, 0.5) is 32.8 Å². The molecular weight excluding hydrogens is 806 g/mol. The van der Waals surface area contributed by atoms with Crippen molar-refractivity contribution in [3.8, 4) is 5.75 Å². The highest BCUT2D eigenvalue weighted by Crippen LogP contribution is 2.48. The summed E-state index contributed by atoms with van der Waals surface area (Å²) in [7, 11) is -24.9. The van der Waals surface area contributed by atoms with E-state index in [-0.39, 0.29) is 16.1 Å². The Morgan fingerprint density at radius 3 is 1.75 bits per heavy atom. The quantitative estimate of drug-likeness (QED) is 0.0672. The van der Waals surface area contributed by atoms with Crippen molar-refractivity contribution < 1.29 is 74.0 Å². The molecule has 0 saturated heterocycles. The first-order valence-electron chi connectivity index (χ1n) is 13.3. The molecule has 0 aromatic heterocycles. The van der Waals surface area contributed by atoms with Crippen LogP contribution in [0.15, 0.2) is 88.6 Å². The maximum absolute atomic E-state index is 14.1. The van der Waals surface area contributed by atoms with Crippen LogP contribution < -0.4 is 5.73 Å². The molecular formula is C25H22FN5O16S5. The Hall–Kier alpha value is -4.58. The molecule has 52 heavy (non-hydrogen) atoms. The molecule has 0 spiro atoms. The zero-order valence-corrected chi connectivity index (χ0v) is 29.6. The third-order valence-electron chi connectivity index (χ3n) is 6.69. The Morgan fingerprint density at radius 2 is 1.23 bits per heavy atom. The van der Waals surface area contributed by atoms with E-state index < -0.39 is 123 Å². The summed E-state index contributed by atoms with van der Waals surface area (Å²) in [6.07, 6.45) is 0. The zero-order valence-electron chi connectivity index (χ0n) is 25.5. The van der Waals surface area contributed by atoms with Crippen LogP contribution in [0.1, 0.15) is 5.56 Å². The molecule has 0 saturated carbocycles. The molecule has 4 aromatic carbocycles. The highest BCUT2D eigenvalue weighted by molar-refractivity contribution is 7.91. The highest BCUT2D eigenvalue weighted by Gasteiger charge is 2.28. The van der Waals surface area contributed by atoms with Crippen LogP contribution in [-0.2, 0) is 54.8 Å². The first-order chi connectivity index (χ1) is 23.7. The number of hydrogen-bond acceptors (Lipinski definition) is 17. The van der Waals surface area contributed by atoms with Gasteiger partial charge in [-0.1, -0.05) is 0 Å². The molecule has 0 heterocycles. The Labute approximate surface area is 293 Å². The SMILES string of the molecule is Cc1cc(N=Nc2c(S(=O)(=O)O)cc3cc(S(=O)(=O)O)c(N=Nc4ccc(S(=O)(=O)CCOS(=O)(=O)O)cc4)c(N)c3c2O)c(S(=O)(=O)O)cc1F. The van der Waals surface area contributed by atoms with Crippen LogP contribution in [0.25, 0.3) is 10.8 Å². The van der Waals surface area contributed by atoms with E-state index in [1.54, 1.807) is 0 Å². The molecule has 0 radical (unpaired) electrons. The van der Waals surface area contributed by atoms with Crippen molar-refractivity contribution in [3.05, 3.63) is 59.9 Å². The summed E-state index contributed by atoms with van der Waals surface area (Å²) in [5.41, 5.74) is 2.19. The monoisotopic (exact) mass is 827 g/mol. The van der Waals surface area contributed by atoms with Crippen LogP contribution in [0.2, 0.25) is 0 Å². The molecule has 0 aliphatic rings. The summed E-state index contributed by atoms with van der Waals surface area (Å²) in [4.78, 5) is -3.84. The van der Waals surface area contributed by atoms with Gasteiger partial charge in [-0.3, -0.25) is 18.2 Å². The van der Waals surface area contributed by atoms with E-state index in [2.05, 4.69) is 24.6 Å². The molecule has 0 atom stereocenters. The fourth-order valence-corrected chi connectivity index (χ4v) is 7.77. The highest BCUT2D eigenvalue weighted by atomic mass is 32.3. The van der Waals surface area contributed by atoms with Gasteiger partial charge in [0.1, 0.15) is 37.6 Å². The maximum atomic E-state index is 14.1. The van der Waals surface area contributed by atoms with Gasteiger partial charge in [0, 0.05) is 0 Å². The molecule has 0 aliphatic carbocycles. The lowest BCUT2D eigenvalue weighted by Gasteiger charge is -2.14. The van der Waals surface area contributed by atoms with Crippen molar-refractivity contribution in [1.29, 1.82) is 0 Å². The number of aromatic hydroxyl groups is 1. The predicted molar refractivity (Wildman–Crippen MR) is 175 cm³/mol. The molecule has 0 fully saturated rings. The smallest absolute Gasteiger partial charge is 0.397 e. The molecule has 4 rings (SSSR count). The summed E-state index contributed by atoms with van der Waals surface area (Å²) >= 11 is 0. The summed E-state index contributed by atoms with van der Waals surface area (Å²) in [6, 6.07) is 6.37. The second kappa shape index (κ2) is 14.1. The summed E-state index contributed by atoms with van der Waals surface area (Å²) < 4.78 is 175. The van der Waals surface area contributed by atoms with E-state index in [1.807, 2.05) is 0 Å². The van der Waals surface area contributed by atoms with E-state index in [1.165, 1.54) is 6.92 Å². The van der Waals surface area contributed by atoms with Gasteiger partial charge in [0.2, 0.25) is 0 Å². The third-order valence-corrected chi connectivity index (χ3v) is 11.5. The summed E-state index contributed by atoms with van der Waals surface area (Å²) in [6.45, 7) is 0.257. The summed E-state index contributed by atoms with van der Waals surface area (Å²) in [5.74, 6) is -3.19. The number of anilines is 1. The fraction of sp³-hybridized carbons (Fsp3) is 0.120. The molecule has 0 aliphatic heterocycles. The topological polar surface area (TPSA) is 357 Å². The van der Waals surface area contributed by atoms with Gasteiger partial charge in [0.15, 0.2) is 15.6 Å². The van der Waals surface area contributed by atoms with Crippen molar-refractivity contribution in [2.24, 2.45) is 20.5 Å². The van der Waals surface area contributed by atoms with Crippen LogP contribution in [0.5, 0.6) is 5.75 Å². The van der Waals surface area contributed by atoms with E-state index in [0.717, 1.165) is 30.3 Å². The van der Waals surface area contributed by atoms with E-state index in [0.29, 0.717) is 18.2 Å². The van der Waals surface area contributed by atoms with E-state index >= 15 is 0 Å². The molecule has 0 amide bonds. The lowest BCUT2D eigenvalue weighted by molar-refractivity contribution is 0.284. The van der Waals surface area contributed by atoms with Gasteiger partial charge in [0.05, 0.1) is 34.0 Å². The first kappa shape index (κ1) is 40.2. The Balaban J connectivity index is 1.89. The number of hydrogen-bond donors (Lipinski definition) is 6. The standard InChI is InChI=1S/C25H22FN5O16S5/c1-12-8-17(18(11-16(12)26)49(35,36)37)29-31-24-20(51(41,42)43)10-13-9-19(50(38,39)40)23(22(27)21(13)25(24)32)30-28-14-2-4-15(5-3-14)48(33,34)7-6-47-52(44,45)46/h2-5,8-11,32H,6-7,27H2,1H3,(H,35,36,37)(H,38,39,40)(H,41,42,43)(H,44,45,46). The van der Waals surface area contributed by atoms with Crippen LogP contribution in [0, 0.1) is 12.7 Å². The Bertz CT molecular complexity index is 2760.